The number of hydrogen-bond donors (Lipinski definition) is 1. The zero-order valence-electron chi connectivity index (χ0n) is 8.90. The molecule has 0 unspecified atom stereocenters. The summed E-state index contributed by atoms with van der Waals surface area (Å²) in [4.78, 5) is 24.4. The Balaban J connectivity index is 2.42. The van der Waals surface area contributed by atoms with Gasteiger partial charge in [0.1, 0.15) is 0 Å². The highest BCUT2D eigenvalue weighted by Crippen LogP contribution is 2.28. The van der Waals surface area contributed by atoms with Gasteiger partial charge in [-0.15, -0.1) is 0 Å². The molecule has 0 bridgehead atoms. The summed E-state index contributed by atoms with van der Waals surface area (Å²) in [6.45, 7) is 0.329. The first kappa shape index (κ1) is 10.5. The number of carbonyl (C=O) groups excluding carboxylic acids is 2. The number of rotatable bonds is 0. The van der Waals surface area contributed by atoms with Crippen LogP contribution in [0.3, 0.4) is 0 Å². The minimum atomic E-state index is -0.455. The summed E-state index contributed by atoms with van der Waals surface area (Å²) in [5.41, 5.74) is 1.30. The number of benzene rings is 1. The van der Waals surface area contributed by atoms with Gasteiger partial charge < -0.3 is 10.1 Å². The third-order valence-electron chi connectivity index (χ3n) is 2.43. The molecule has 0 fully saturated rings. The lowest BCUT2D eigenvalue weighted by Crippen LogP contribution is -2.31. The second-order valence-electron chi connectivity index (χ2n) is 3.44. The van der Waals surface area contributed by atoms with Crippen molar-refractivity contribution in [3.05, 3.63) is 24.3 Å². The van der Waals surface area contributed by atoms with Crippen molar-refractivity contribution in [1.29, 1.82) is 0 Å². The third kappa shape index (κ3) is 1.84. The first-order valence-corrected chi connectivity index (χ1v) is 4.96. The fourth-order valence-electron chi connectivity index (χ4n) is 1.66. The Morgan fingerprint density at radius 2 is 2.19 bits per heavy atom. The Morgan fingerprint density at radius 3 is 2.94 bits per heavy atom. The molecular weight excluding hydrogens is 208 g/mol. The minimum absolute atomic E-state index is 0.0983. The normalized spacial score (nSPS) is 14.8. The van der Waals surface area contributed by atoms with E-state index < -0.39 is 6.09 Å². The maximum atomic E-state index is 11.6. The van der Waals surface area contributed by atoms with Crippen LogP contribution in [0.4, 0.5) is 16.2 Å². The Bertz CT molecular complexity index is 431. The predicted molar refractivity (Wildman–Crippen MR) is 59.4 cm³/mol. The third-order valence-corrected chi connectivity index (χ3v) is 2.43. The molecular formula is C11H12N2O3. The van der Waals surface area contributed by atoms with Gasteiger partial charge in [0, 0.05) is 13.0 Å². The molecule has 1 heterocycles. The van der Waals surface area contributed by atoms with E-state index in [0.29, 0.717) is 17.9 Å². The molecule has 0 aliphatic carbocycles. The molecule has 16 heavy (non-hydrogen) atoms. The lowest BCUT2D eigenvalue weighted by Gasteiger charge is -2.19. The van der Waals surface area contributed by atoms with Gasteiger partial charge in [-0.25, -0.2) is 4.79 Å². The van der Waals surface area contributed by atoms with Crippen LogP contribution in [-0.2, 0) is 9.53 Å². The van der Waals surface area contributed by atoms with Crippen molar-refractivity contribution >= 4 is 23.4 Å². The van der Waals surface area contributed by atoms with Crippen molar-refractivity contribution in [2.45, 2.75) is 6.42 Å². The number of methoxy groups -OCH3 is 1. The largest absolute Gasteiger partial charge is 0.452 e. The number of carbonyl (C=O) groups is 2. The van der Waals surface area contributed by atoms with E-state index in [1.54, 1.807) is 18.2 Å². The smallest absolute Gasteiger partial charge is 0.414 e. The number of nitrogens with one attached hydrogen (secondary N) is 1. The van der Waals surface area contributed by atoms with E-state index in [0.717, 1.165) is 0 Å². The summed E-state index contributed by atoms with van der Waals surface area (Å²) in [7, 11) is 1.32. The van der Waals surface area contributed by atoms with E-state index >= 15 is 0 Å². The number of fused-ring (bicyclic) bond motifs is 1. The van der Waals surface area contributed by atoms with Gasteiger partial charge in [0.2, 0.25) is 5.91 Å². The molecule has 0 spiro atoms. The average molecular weight is 220 g/mol. The summed E-state index contributed by atoms with van der Waals surface area (Å²) in [5.74, 6) is -0.0983. The van der Waals surface area contributed by atoms with Gasteiger partial charge in [-0.3, -0.25) is 9.69 Å². The van der Waals surface area contributed by atoms with Crippen molar-refractivity contribution < 1.29 is 14.3 Å². The fourth-order valence-corrected chi connectivity index (χ4v) is 1.66. The first-order chi connectivity index (χ1) is 7.72. The lowest BCUT2D eigenvalue weighted by molar-refractivity contribution is -0.115. The molecule has 2 amide bonds. The number of nitrogens with zero attached hydrogens (tertiary/aromatic N) is 1. The molecule has 0 radical (unpaired) electrons. The Morgan fingerprint density at radius 1 is 1.44 bits per heavy atom. The summed E-state index contributed by atoms with van der Waals surface area (Å²) < 4.78 is 4.69. The van der Waals surface area contributed by atoms with Crippen LogP contribution < -0.4 is 10.2 Å². The molecule has 1 aromatic rings. The van der Waals surface area contributed by atoms with Crippen LogP contribution in [0.2, 0.25) is 0 Å². The van der Waals surface area contributed by atoms with Crippen LogP contribution in [0.15, 0.2) is 24.3 Å². The summed E-state index contributed by atoms with van der Waals surface area (Å²) >= 11 is 0. The monoisotopic (exact) mass is 220 g/mol. The van der Waals surface area contributed by atoms with E-state index in [-0.39, 0.29) is 12.3 Å². The second-order valence-corrected chi connectivity index (χ2v) is 3.44. The van der Waals surface area contributed by atoms with Gasteiger partial charge in [-0.05, 0) is 12.1 Å². The standard InChI is InChI=1S/C11H12N2O3/c1-16-11(15)13-7-6-10(14)12-8-4-2-3-5-9(8)13/h2-5H,6-7H2,1H3,(H,12,14). The minimum Gasteiger partial charge on any atom is -0.452 e. The van der Waals surface area contributed by atoms with Gasteiger partial charge >= 0.3 is 6.09 Å². The van der Waals surface area contributed by atoms with Gasteiger partial charge in [-0.2, -0.15) is 0 Å². The van der Waals surface area contributed by atoms with Gasteiger partial charge in [0.05, 0.1) is 18.5 Å². The van der Waals surface area contributed by atoms with Crippen LogP contribution in [0.1, 0.15) is 6.42 Å². The van der Waals surface area contributed by atoms with E-state index in [1.165, 1.54) is 12.0 Å². The summed E-state index contributed by atoms with van der Waals surface area (Å²) in [6, 6.07) is 7.15. The zero-order chi connectivity index (χ0) is 11.5. The van der Waals surface area contributed by atoms with Crippen molar-refractivity contribution in [3.8, 4) is 0 Å². The summed E-state index contributed by atoms with van der Waals surface area (Å²) in [5, 5.41) is 2.74. The molecule has 1 aliphatic heterocycles. The molecule has 84 valence electrons. The molecule has 5 heteroatoms. The maximum absolute atomic E-state index is 11.6. The van der Waals surface area contributed by atoms with Crippen LogP contribution in [-0.4, -0.2) is 25.7 Å². The molecule has 0 atom stereocenters. The highest BCUT2D eigenvalue weighted by atomic mass is 16.5. The fraction of sp³-hybridized carbons (Fsp3) is 0.273. The molecule has 1 N–H and O–H groups in total. The van der Waals surface area contributed by atoms with Crippen molar-refractivity contribution in [3.63, 3.8) is 0 Å². The number of ether oxygens (including phenoxy) is 1. The lowest BCUT2D eigenvalue weighted by atomic mass is 10.2. The van der Waals surface area contributed by atoms with Crippen molar-refractivity contribution in [1.82, 2.24) is 0 Å². The summed E-state index contributed by atoms with van der Waals surface area (Å²) in [6.07, 6.45) is -0.187. The Hall–Kier alpha value is -2.04. The van der Waals surface area contributed by atoms with Gasteiger partial charge in [0.15, 0.2) is 0 Å². The number of para-hydroxylation sites is 2. The van der Waals surface area contributed by atoms with Crippen LogP contribution in [0.25, 0.3) is 0 Å². The Kier molecular flexibility index (Phi) is 2.76. The zero-order valence-corrected chi connectivity index (χ0v) is 8.90. The topological polar surface area (TPSA) is 58.6 Å². The van der Waals surface area contributed by atoms with E-state index in [9.17, 15) is 9.59 Å². The van der Waals surface area contributed by atoms with Gasteiger partial charge in [0.25, 0.3) is 0 Å². The average Bonchev–Trinajstić information content (AvgIpc) is 2.46. The highest BCUT2D eigenvalue weighted by Gasteiger charge is 2.23. The molecule has 1 aromatic carbocycles. The van der Waals surface area contributed by atoms with E-state index in [1.807, 2.05) is 6.07 Å². The molecule has 5 nitrogen and oxygen atoms in total. The van der Waals surface area contributed by atoms with Crippen molar-refractivity contribution in [2.24, 2.45) is 0 Å². The van der Waals surface area contributed by atoms with Crippen LogP contribution >= 0.6 is 0 Å². The van der Waals surface area contributed by atoms with Gasteiger partial charge in [-0.1, -0.05) is 12.1 Å². The molecule has 0 saturated heterocycles. The highest BCUT2D eigenvalue weighted by molar-refractivity contribution is 6.01. The Labute approximate surface area is 93.0 Å². The molecule has 0 aromatic heterocycles. The number of amides is 2. The number of hydrogen-bond acceptors (Lipinski definition) is 3. The van der Waals surface area contributed by atoms with Crippen molar-refractivity contribution in [2.75, 3.05) is 23.9 Å². The maximum Gasteiger partial charge on any atom is 0.414 e. The molecule has 0 saturated carbocycles. The van der Waals surface area contributed by atoms with Crippen LogP contribution in [0.5, 0.6) is 0 Å². The molecule has 2 rings (SSSR count). The number of anilines is 2. The second kappa shape index (κ2) is 4.22. The molecule has 1 aliphatic rings. The quantitative estimate of drug-likeness (QED) is 0.722. The predicted octanol–water partition coefficient (Wildman–Crippen LogP) is 1.60. The van der Waals surface area contributed by atoms with E-state index in [4.69, 9.17) is 0 Å². The first-order valence-electron chi connectivity index (χ1n) is 4.96. The SMILES string of the molecule is COC(=O)N1CCC(=O)Nc2ccccc21. The van der Waals surface area contributed by atoms with E-state index in [2.05, 4.69) is 10.1 Å². The van der Waals surface area contributed by atoms with Crippen LogP contribution in [0, 0.1) is 0 Å².